The number of hydrogen-bond donors (Lipinski definition) is 1. The van der Waals surface area contributed by atoms with E-state index in [9.17, 15) is 9.59 Å². The summed E-state index contributed by atoms with van der Waals surface area (Å²) < 4.78 is 38.0. The molecule has 0 saturated carbocycles. The topological polar surface area (TPSA) is 102 Å². The highest BCUT2D eigenvalue weighted by atomic mass is 31.1. The van der Waals surface area contributed by atoms with Gasteiger partial charge in [0.25, 0.3) is 5.91 Å². The molecular weight excluding hydrogens is 762 g/mol. The maximum absolute atomic E-state index is 15.0. The molecule has 9 nitrogen and oxygen atoms in total. The molecule has 7 atom stereocenters. The van der Waals surface area contributed by atoms with Gasteiger partial charge in [0.05, 0.1) is 26.2 Å². The zero-order valence-electron chi connectivity index (χ0n) is 32.8. The predicted molar refractivity (Wildman–Crippen MR) is 228 cm³/mol. The summed E-state index contributed by atoms with van der Waals surface area (Å²) in [6, 6.07) is 53.7. The Bertz CT molecular complexity index is 2240. The number of esters is 1. The zero-order chi connectivity index (χ0) is 40.6. The van der Waals surface area contributed by atoms with Crippen molar-refractivity contribution in [2.45, 2.75) is 56.4 Å². The zero-order valence-corrected chi connectivity index (χ0v) is 33.7. The molecule has 0 radical (unpaired) electrons. The third-order valence-corrected chi connectivity index (χ3v) is 13.1. The number of benzene rings is 6. The summed E-state index contributed by atoms with van der Waals surface area (Å²) in [6.45, 7) is 2.11. The molecule has 2 saturated heterocycles. The van der Waals surface area contributed by atoms with E-state index in [-0.39, 0.29) is 19.1 Å². The largest absolute Gasteiger partial charge is 0.497 e. The lowest BCUT2D eigenvalue weighted by atomic mass is 9.94. The van der Waals surface area contributed by atoms with E-state index in [1.165, 1.54) is 0 Å². The van der Waals surface area contributed by atoms with Crippen LogP contribution in [0.4, 0.5) is 0 Å². The van der Waals surface area contributed by atoms with E-state index in [0.29, 0.717) is 11.3 Å². The summed E-state index contributed by atoms with van der Waals surface area (Å²) in [7, 11) is 0.470. The molecule has 0 aliphatic carbocycles. The summed E-state index contributed by atoms with van der Waals surface area (Å²) in [4.78, 5) is 29.2. The van der Waals surface area contributed by atoms with Crippen molar-refractivity contribution in [2.75, 3.05) is 13.7 Å². The Morgan fingerprint density at radius 1 is 0.729 bits per heavy atom. The molecule has 2 aliphatic rings. The van der Waals surface area contributed by atoms with Gasteiger partial charge in [0.15, 0.2) is 18.7 Å². The first-order valence-corrected chi connectivity index (χ1v) is 21.1. The number of fused-ring (bicyclic) bond motifs is 1. The van der Waals surface area contributed by atoms with Gasteiger partial charge in [0.2, 0.25) is 0 Å². The van der Waals surface area contributed by atoms with Crippen LogP contribution in [0.3, 0.4) is 0 Å². The van der Waals surface area contributed by atoms with Gasteiger partial charge >= 0.3 is 5.97 Å². The molecule has 2 heterocycles. The minimum atomic E-state index is -1.14. The van der Waals surface area contributed by atoms with Gasteiger partial charge in [-0.25, -0.2) is 0 Å². The van der Waals surface area contributed by atoms with Crippen molar-refractivity contribution in [3.63, 3.8) is 0 Å². The van der Waals surface area contributed by atoms with Crippen LogP contribution in [0.15, 0.2) is 170 Å². The van der Waals surface area contributed by atoms with Crippen LogP contribution in [-0.2, 0) is 35.1 Å². The van der Waals surface area contributed by atoms with Gasteiger partial charge in [-0.05, 0) is 60.1 Å². The molecule has 6 aromatic carbocycles. The maximum Gasteiger partial charge on any atom is 0.313 e. The minimum Gasteiger partial charge on any atom is -0.497 e. The summed E-state index contributed by atoms with van der Waals surface area (Å²) in [5.74, 6) is -0.766. The van der Waals surface area contributed by atoms with E-state index in [0.717, 1.165) is 32.6 Å². The van der Waals surface area contributed by atoms with Crippen LogP contribution in [-0.4, -0.2) is 56.2 Å². The summed E-state index contributed by atoms with van der Waals surface area (Å²) in [6.07, 6.45) is -4.44. The summed E-state index contributed by atoms with van der Waals surface area (Å²) in [5.41, 5.74) is 2.94. The second-order valence-corrected chi connectivity index (χ2v) is 16.6. The molecule has 8 rings (SSSR count). The van der Waals surface area contributed by atoms with E-state index in [4.69, 9.17) is 28.4 Å². The molecular formula is C49H46NO8P. The van der Waals surface area contributed by atoms with Gasteiger partial charge in [-0.15, -0.1) is 0 Å². The molecule has 0 unspecified atom stereocenters. The first-order valence-electron chi connectivity index (χ1n) is 19.7. The van der Waals surface area contributed by atoms with Crippen molar-refractivity contribution in [3.8, 4) is 5.75 Å². The van der Waals surface area contributed by atoms with Crippen LogP contribution in [0.2, 0.25) is 0 Å². The smallest absolute Gasteiger partial charge is 0.313 e. The standard InChI is InChI=1S/C49H46NO8P/c1-33(35-19-9-4-10-20-35)47(52)57-45-43(50-46(51)40-25-15-16-26-42(40)59(38-21-11-5-12-22-38)39-23-13-6-14-24-39)49(54-31-34-17-7-3-8-18-34)56-41-32-55-48(58-44(41)45)36-27-29-37(53-2)30-28-36/h3-30,33,41,43-45,48-49H,31-32H2,1-2H3,(H,50,51)/t33-,41+,43+,44+,45+,48+,49-/m0/s1. The number of amides is 1. The molecule has 0 bridgehead atoms. The van der Waals surface area contributed by atoms with Crippen LogP contribution in [0.1, 0.15) is 46.2 Å². The minimum absolute atomic E-state index is 0.122. The fraction of sp³-hybridized carbons (Fsp3) is 0.224. The molecule has 0 aromatic heterocycles. The molecule has 2 fully saturated rings. The second-order valence-electron chi connectivity index (χ2n) is 14.4. The first kappa shape index (κ1) is 40.1. The fourth-order valence-corrected chi connectivity index (χ4v) is 9.92. The van der Waals surface area contributed by atoms with E-state index < -0.39 is 56.7 Å². The quantitative estimate of drug-likeness (QED) is 0.0958. The molecule has 1 N–H and O–H groups in total. The number of rotatable bonds is 13. The predicted octanol–water partition coefficient (Wildman–Crippen LogP) is 7.32. The van der Waals surface area contributed by atoms with Crippen molar-refractivity contribution < 1.29 is 38.0 Å². The maximum atomic E-state index is 15.0. The lowest BCUT2D eigenvalue weighted by Gasteiger charge is -2.49. The third-order valence-electron chi connectivity index (χ3n) is 10.6. The molecule has 59 heavy (non-hydrogen) atoms. The number of carbonyl (C=O) groups excluding carboxylic acids is 2. The molecule has 300 valence electrons. The Kier molecular flexibility index (Phi) is 12.9. The monoisotopic (exact) mass is 807 g/mol. The first-order chi connectivity index (χ1) is 29.0. The van der Waals surface area contributed by atoms with Crippen molar-refractivity contribution in [2.24, 2.45) is 0 Å². The average Bonchev–Trinajstić information content (AvgIpc) is 3.30. The summed E-state index contributed by atoms with van der Waals surface area (Å²) >= 11 is 0. The Labute approximate surface area is 346 Å². The normalized spacial score (nSPS) is 21.8. The molecule has 10 heteroatoms. The summed E-state index contributed by atoms with van der Waals surface area (Å²) in [5, 5.41) is 6.34. The Hall–Kier alpha value is -5.67. The van der Waals surface area contributed by atoms with Crippen LogP contribution in [0.25, 0.3) is 0 Å². The lowest BCUT2D eigenvalue weighted by molar-refractivity contribution is -0.346. The van der Waals surface area contributed by atoms with Crippen molar-refractivity contribution in [1.82, 2.24) is 5.32 Å². The van der Waals surface area contributed by atoms with Gasteiger partial charge in [-0.1, -0.05) is 152 Å². The van der Waals surface area contributed by atoms with Crippen LogP contribution in [0.5, 0.6) is 5.75 Å². The van der Waals surface area contributed by atoms with Gasteiger partial charge < -0.3 is 33.7 Å². The highest BCUT2D eigenvalue weighted by molar-refractivity contribution is 7.80. The van der Waals surface area contributed by atoms with Crippen LogP contribution < -0.4 is 26.0 Å². The number of hydrogen-bond acceptors (Lipinski definition) is 8. The SMILES string of the molecule is COc1ccc([C@@H]2OC[C@H]3O[C@H](OCc4ccccc4)[C@H](NC(=O)c4ccccc4P(c4ccccc4)c4ccccc4)[C@@H](OC(=O)[C@@H](C)c4ccccc4)[C@@H]3O2)cc1. The van der Waals surface area contributed by atoms with Gasteiger partial charge in [-0.3, -0.25) is 9.59 Å². The highest BCUT2D eigenvalue weighted by Crippen LogP contribution is 2.38. The van der Waals surface area contributed by atoms with Crippen LogP contribution in [0, 0.1) is 0 Å². The van der Waals surface area contributed by atoms with Crippen molar-refractivity contribution in [1.29, 1.82) is 0 Å². The fourth-order valence-electron chi connectivity index (χ4n) is 7.48. The van der Waals surface area contributed by atoms with Crippen molar-refractivity contribution in [3.05, 3.63) is 192 Å². The average molecular weight is 808 g/mol. The Morgan fingerprint density at radius 3 is 1.97 bits per heavy atom. The Morgan fingerprint density at radius 2 is 1.32 bits per heavy atom. The number of nitrogens with one attached hydrogen (secondary N) is 1. The van der Waals surface area contributed by atoms with E-state index >= 15 is 0 Å². The Balaban J connectivity index is 1.17. The third kappa shape index (κ3) is 9.31. The van der Waals surface area contributed by atoms with E-state index in [1.807, 2.05) is 153 Å². The molecule has 0 spiro atoms. The molecule has 2 aliphatic heterocycles. The van der Waals surface area contributed by atoms with E-state index in [1.54, 1.807) is 7.11 Å². The second kappa shape index (κ2) is 18.9. The number of carbonyl (C=O) groups is 2. The molecule has 1 amide bonds. The highest BCUT2D eigenvalue weighted by Gasteiger charge is 2.53. The number of methoxy groups -OCH3 is 1. The van der Waals surface area contributed by atoms with Crippen molar-refractivity contribution >= 4 is 35.7 Å². The van der Waals surface area contributed by atoms with Gasteiger partial charge in [0, 0.05) is 11.1 Å². The van der Waals surface area contributed by atoms with Crippen LogP contribution >= 0.6 is 7.92 Å². The van der Waals surface area contributed by atoms with Gasteiger partial charge in [0.1, 0.15) is 24.0 Å². The number of ether oxygens (including phenoxy) is 6. The lowest BCUT2D eigenvalue weighted by Crippen LogP contribution is -2.68. The van der Waals surface area contributed by atoms with E-state index in [2.05, 4.69) is 29.6 Å². The molecule has 6 aromatic rings. The van der Waals surface area contributed by atoms with Gasteiger partial charge in [-0.2, -0.15) is 0 Å².